The fraction of sp³-hybridized carbons (Fsp3) is 0.175. The number of fused-ring (bicyclic) bond motifs is 7. The highest BCUT2D eigenvalue weighted by atomic mass is 32.1. The number of hydrogen-bond donors (Lipinski definition) is 1. The number of para-hydroxylation sites is 3. The first-order valence-corrected chi connectivity index (χ1v) is 15.9. The minimum Gasteiger partial charge on any atom is -0.236 e. The SMILES string of the molecule is [2H]C([2H])([2H])c1ccc(-c2[nH]c3ccccc3[n+]2-c2c(C(C)C)cccc2C(C)C)c2sc3cc4c(ccc5ccccc54)cc3c12. The number of rotatable bonds is 4. The van der Waals surface area contributed by atoms with E-state index in [9.17, 15) is 0 Å². The minimum atomic E-state index is -2.26. The number of benzene rings is 6. The highest BCUT2D eigenvalue weighted by Crippen LogP contribution is 2.44. The summed E-state index contributed by atoms with van der Waals surface area (Å²) >= 11 is 1.69. The topological polar surface area (TPSA) is 19.7 Å². The Balaban J connectivity index is 1.52. The number of imidazole rings is 1. The van der Waals surface area contributed by atoms with Crippen molar-refractivity contribution in [2.75, 3.05) is 0 Å². The second kappa shape index (κ2) is 9.79. The molecule has 0 bridgehead atoms. The molecule has 0 unspecified atom stereocenters. The summed E-state index contributed by atoms with van der Waals surface area (Å²) in [5.41, 5.74) is 7.30. The lowest BCUT2D eigenvalue weighted by atomic mass is 9.92. The van der Waals surface area contributed by atoms with Crippen molar-refractivity contribution >= 4 is 64.1 Å². The fourth-order valence-electron chi connectivity index (χ4n) is 6.84. The van der Waals surface area contributed by atoms with Crippen LogP contribution in [0.4, 0.5) is 0 Å². The Kier molecular flexibility index (Phi) is 5.25. The molecule has 8 rings (SSSR count). The Bertz CT molecular complexity index is 2450. The maximum atomic E-state index is 8.56. The second-order valence-electron chi connectivity index (χ2n) is 12.2. The van der Waals surface area contributed by atoms with E-state index in [2.05, 4.69) is 128 Å². The van der Waals surface area contributed by atoms with Crippen LogP contribution in [0.3, 0.4) is 0 Å². The average molecular weight is 579 g/mol. The molecular weight excluding hydrogens is 541 g/mol. The van der Waals surface area contributed by atoms with Crippen molar-refractivity contribution < 1.29 is 8.68 Å². The molecule has 0 fully saturated rings. The first kappa shape index (κ1) is 23.0. The van der Waals surface area contributed by atoms with Crippen LogP contribution in [0.5, 0.6) is 0 Å². The Morgan fingerprint density at radius 3 is 2.23 bits per heavy atom. The second-order valence-corrected chi connectivity index (χ2v) is 13.3. The van der Waals surface area contributed by atoms with Crippen molar-refractivity contribution in [3.63, 3.8) is 0 Å². The van der Waals surface area contributed by atoms with E-state index in [1.807, 2.05) is 12.1 Å². The molecule has 210 valence electrons. The molecule has 3 heteroatoms. The zero-order valence-electron chi connectivity index (χ0n) is 27.8. The molecule has 0 spiro atoms. The van der Waals surface area contributed by atoms with Gasteiger partial charge >= 0.3 is 0 Å². The van der Waals surface area contributed by atoms with Crippen molar-refractivity contribution in [1.29, 1.82) is 0 Å². The summed E-state index contributed by atoms with van der Waals surface area (Å²) in [6, 6.07) is 36.2. The lowest BCUT2D eigenvalue weighted by Crippen LogP contribution is -2.35. The molecule has 0 aliphatic heterocycles. The van der Waals surface area contributed by atoms with Crippen molar-refractivity contribution in [2.45, 2.75) is 46.4 Å². The summed E-state index contributed by atoms with van der Waals surface area (Å²) in [6.45, 7) is 6.75. The standard InChI is InChI=1S/C40H34N2S/c1-23(2)28-13-10-14-29(24(3)4)38(28)42-35-16-9-8-15-34(35)41-40(42)31-20-17-25(5)37-33-21-27-19-18-26-11-6-7-12-30(26)32(27)22-36(33)43-39(31)37/h6-24H,1-5H3/p+1/i5D3. The van der Waals surface area contributed by atoms with Gasteiger partial charge in [0.15, 0.2) is 11.0 Å². The first-order valence-electron chi connectivity index (χ1n) is 16.6. The lowest BCUT2D eigenvalue weighted by molar-refractivity contribution is -0.556. The van der Waals surface area contributed by atoms with Crippen LogP contribution < -0.4 is 4.57 Å². The number of aromatic amines is 1. The maximum Gasteiger partial charge on any atom is 0.294 e. The van der Waals surface area contributed by atoms with Gasteiger partial charge in [-0.15, -0.1) is 11.3 Å². The first-order chi connectivity index (χ1) is 22.1. The molecule has 2 nitrogen and oxygen atoms in total. The normalized spacial score (nSPS) is 13.6. The van der Waals surface area contributed by atoms with E-state index < -0.39 is 6.85 Å². The summed E-state index contributed by atoms with van der Waals surface area (Å²) in [6.07, 6.45) is 0. The van der Waals surface area contributed by atoms with Gasteiger partial charge in [0.2, 0.25) is 0 Å². The summed E-state index contributed by atoms with van der Waals surface area (Å²) < 4.78 is 30.1. The van der Waals surface area contributed by atoms with Crippen LogP contribution in [0.2, 0.25) is 0 Å². The van der Waals surface area contributed by atoms with E-state index in [4.69, 9.17) is 4.11 Å². The van der Waals surface area contributed by atoms with Crippen LogP contribution in [0, 0.1) is 6.85 Å². The quantitative estimate of drug-likeness (QED) is 0.158. The van der Waals surface area contributed by atoms with Gasteiger partial charge in [0, 0.05) is 30.7 Å². The van der Waals surface area contributed by atoms with Gasteiger partial charge in [-0.3, -0.25) is 0 Å². The van der Waals surface area contributed by atoms with Crippen LogP contribution in [0.1, 0.15) is 60.3 Å². The van der Waals surface area contributed by atoms with Gasteiger partial charge in [-0.2, -0.15) is 4.57 Å². The molecule has 0 saturated carbocycles. The van der Waals surface area contributed by atoms with Gasteiger partial charge in [-0.1, -0.05) is 100 Å². The number of nitrogens with zero attached hydrogens (tertiary/aromatic N) is 1. The molecular formula is C40H35N2S+. The van der Waals surface area contributed by atoms with Crippen LogP contribution in [0.25, 0.3) is 69.8 Å². The monoisotopic (exact) mass is 578 g/mol. The maximum absolute atomic E-state index is 8.56. The van der Waals surface area contributed by atoms with Gasteiger partial charge in [-0.05, 0) is 76.1 Å². The number of hydrogen-bond acceptors (Lipinski definition) is 1. The fourth-order valence-corrected chi connectivity index (χ4v) is 8.10. The van der Waals surface area contributed by atoms with Gasteiger partial charge < -0.3 is 0 Å². The van der Waals surface area contributed by atoms with Crippen LogP contribution >= 0.6 is 11.3 Å². The molecule has 43 heavy (non-hydrogen) atoms. The van der Waals surface area contributed by atoms with E-state index in [0.29, 0.717) is 17.4 Å². The predicted octanol–water partition coefficient (Wildman–Crippen LogP) is 11.3. The Morgan fingerprint density at radius 2 is 1.44 bits per heavy atom. The molecule has 0 atom stereocenters. The van der Waals surface area contributed by atoms with E-state index in [-0.39, 0.29) is 0 Å². The third-order valence-corrected chi connectivity index (χ3v) is 10.1. The molecule has 0 radical (unpaired) electrons. The number of nitrogens with one attached hydrogen (secondary N) is 1. The third kappa shape index (κ3) is 3.95. The summed E-state index contributed by atoms with van der Waals surface area (Å²) in [7, 11) is 0. The summed E-state index contributed by atoms with van der Waals surface area (Å²) in [5, 5.41) is 6.50. The number of H-pyrrole nitrogens is 1. The van der Waals surface area contributed by atoms with E-state index in [1.54, 1.807) is 11.3 Å². The van der Waals surface area contributed by atoms with Crippen LogP contribution in [-0.2, 0) is 0 Å². The average Bonchev–Trinajstić information content (AvgIpc) is 3.60. The highest BCUT2D eigenvalue weighted by Gasteiger charge is 2.29. The molecule has 0 aliphatic carbocycles. The van der Waals surface area contributed by atoms with Gasteiger partial charge in [0.25, 0.3) is 5.82 Å². The zero-order valence-corrected chi connectivity index (χ0v) is 25.6. The minimum absolute atomic E-state index is 0.312. The van der Waals surface area contributed by atoms with Crippen molar-refractivity contribution in [3.05, 3.63) is 120 Å². The predicted molar refractivity (Wildman–Crippen MR) is 186 cm³/mol. The van der Waals surface area contributed by atoms with Gasteiger partial charge in [-0.25, -0.2) is 4.98 Å². The van der Waals surface area contributed by atoms with Crippen molar-refractivity contribution in [3.8, 4) is 17.1 Å². The molecule has 8 aromatic rings. The Morgan fingerprint density at radius 1 is 0.698 bits per heavy atom. The molecule has 6 aromatic carbocycles. The van der Waals surface area contributed by atoms with E-state index >= 15 is 0 Å². The molecule has 1 N–H and O–H groups in total. The van der Waals surface area contributed by atoms with Crippen molar-refractivity contribution in [1.82, 2.24) is 4.98 Å². The zero-order chi connectivity index (χ0) is 31.9. The molecule has 2 aromatic heterocycles. The third-order valence-electron chi connectivity index (χ3n) is 8.93. The van der Waals surface area contributed by atoms with Gasteiger partial charge in [0.1, 0.15) is 5.69 Å². The van der Waals surface area contributed by atoms with E-state index in [1.165, 1.54) is 33.0 Å². The van der Waals surface area contributed by atoms with Crippen LogP contribution in [-0.4, -0.2) is 4.98 Å². The smallest absolute Gasteiger partial charge is 0.236 e. The number of aryl methyl sites for hydroxylation is 1. The summed E-state index contributed by atoms with van der Waals surface area (Å²) in [4.78, 5) is 3.79. The van der Waals surface area contributed by atoms with E-state index in [0.717, 1.165) is 48.0 Å². The Hall–Kier alpha value is -4.47. The Labute approximate surface area is 260 Å². The molecule has 0 saturated heterocycles. The van der Waals surface area contributed by atoms with Gasteiger partial charge in [0.05, 0.1) is 10.3 Å². The molecule has 2 heterocycles. The van der Waals surface area contributed by atoms with Crippen LogP contribution in [0.15, 0.2) is 103 Å². The highest BCUT2D eigenvalue weighted by molar-refractivity contribution is 7.26. The number of thiophene rings is 1. The number of aromatic nitrogens is 2. The largest absolute Gasteiger partial charge is 0.294 e. The summed E-state index contributed by atoms with van der Waals surface area (Å²) in [5.74, 6) is 1.58. The lowest BCUT2D eigenvalue weighted by Gasteiger charge is -2.18. The van der Waals surface area contributed by atoms with Crippen molar-refractivity contribution in [2.24, 2.45) is 0 Å². The molecule has 0 aliphatic rings. The molecule has 0 amide bonds.